The summed E-state index contributed by atoms with van der Waals surface area (Å²) >= 11 is 0. The summed E-state index contributed by atoms with van der Waals surface area (Å²) in [7, 11) is 0. The van der Waals surface area contributed by atoms with Gasteiger partial charge in [-0.25, -0.2) is 9.18 Å². The van der Waals surface area contributed by atoms with Gasteiger partial charge in [0.05, 0.1) is 6.04 Å². The number of aliphatic hydroxyl groups is 1. The summed E-state index contributed by atoms with van der Waals surface area (Å²) in [5.74, 6) is 0.511. The van der Waals surface area contributed by atoms with Crippen LogP contribution in [0.15, 0.2) is 24.3 Å². The minimum atomic E-state index is -0.251. The van der Waals surface area contributed by atoms with Crippen LogP contribution in [0.3, 0.4) is 0 Å². The van der Waals surface area contributed by atoms with E-state index in [1.54, 1.807) is 12.1 Å². The number of likely N-dealkylation sites (tertiary alicyclic amines) is 1. The molecule has 1 heterocycles. The highest BCUT2D eigenvalue weighted by Gasteiger charge is 2.31. The number of urea groups is 1. The van der Waals surface area contributed by atoms with Crippen LogP contribution < -0.4 is 5.32 Å². The molecule has 1 aromatic carbocycles. The molecule has 5 heteroatoms. The van der Waals surface area contributed by atoms with Crippen molar-refractivity contribution in [3.63, 3.8) is 0 Å². The molecule has 1 saturated carbocycles. The molecule has 2 amide bonds. The van der Waals surface area contributed by atoms with Crippen LogP contribution in [0.5, 0.6) is 0 Å². The lowest BCUT2D eigenvalue weighted by molar-refractivity contribution is 0.130. The molecule has 3 rings (SSSR count). The fourth-order valence-corrected chi connectivity index (χ4v) is 3.46. The number of carbonyl (C=O) groups is 1. The van der Waals surface area contributed by atoms with Crippen LogP contribution in [0.4, 0.5) is 9.18 Å². The molecule has 1 unspecified atom stereocenters. The highest BCUT2D eigenvalue weighted by molar-refractivity contribution is 5.75. The summed E-state index contributed by atoms with van der Waals surface area (Å²) in [6, 6.07) is 6.39. The Morgan fingerprint density at radius 1 is 1.22 bits per heavy atom. The Bertz CT molecular complexity index is 522. The fourth-order valence-electron chi connectivity index (χ4n) is 3.46. The Labute approximate surface area is 136 Å². The number of nitrogens with one attached hydrogen (secondary N) is 1. The lowest BCUT2D eigenvalue weighted by Gasteiger charge is -2.37. The zero-order valence-corrected chi connectivity index (χ0v) is 13.4. The van der Waals surface area contributed by atoms with Gasteiger partial charge in [-0.05, 0) is 55.2 Å². The smallest absolute Gasteiger partial charge is 0.317 e. The van der Waals surface area contributed by atoms with Gasteiger partial charge in [-0.3, -0.25) is 0 Å². The van der Waals surface area contributed by atoms with Crippen LogP contribution in [0.2, 0.25) is 0 Å². The molecule has 23 heavy (non-hydrogen) atoms. The van der Waals surface area contributed by atoms with E-state index < -0.39 is 0 Å². The standard InChI is InChI=1S/C18H25FN2O2/c19-16-6-4-15(5-7-16)17(14-2-1-3-14)20-18(23)21-10-8-13(12-22)9-11-21/h4-7,13-14,17,22H,1-3,8-12H2,(H,20,23). The summed E-state index contributed by atoms with van der Waals surface area (Å²) in [6.07, 6.45) is 5.12. The molecular formula is C18H25FN2O2. The van der Waals surface area contributed by atoms with E-state index in [0.29, 0.717) is 24.9 Å². The number of piperidine rings is 1. The van der Waals surface area contributed by atoms with E-state index >= 15 is 0 Å². The Balaban J connectivity index is 1.64. The van der Waals surface area contributed by atoms with Crippen molar-refractivity contribution in [3.05, 3.63) is 35.6 Å². The summed E-state index contributed by atoms with van der Waals surface area (Å²) in [5.41, 5.74) is 0.981. The van der Waals surface area contributed by atoms with Gasteiger partial charge in [0.2, 0.25) is 0 Å². The number of amides is 2. The van der Waals surface area contributed by atoms with Gasteiger partial charge in [0.25, 0.3) is 0 Å². The average molecular weight is 320 g/mol. The summed E-state index contributed by atoms with van der Waals surface area (Å²) < 4.78 is 13.2. The van der Waals surface area contributed by atoms with Gasteiger partial charge in [-0.1, -0.05) is 18.6 Å². The molecule has 1 saturated heterocycles. The lowest BCUT2D eigenvalue weighted by Crippen LogP contribution is -2.47. The second kappa shape index (κ2) is 7.30. The molecule has 1 aromatic rings. The Morgan fingerprint density at radius 3 is 2.39 bits per heavy atom. The van der Waals surface area contributed by atoms with E-state index in [0.717, 1.165) is 31.2 Å². The van der Waals surface area contributed by atoms with Crippen molar-refractivity contribution in [1.29, 1.82) is 0 Å². The van der Waals surface area contributed by atoms with Crippen molar-refractivity contribution in [2.45, 2.75) is 38.1 Å². The molecule has 2 aliphatic rings. The largest absolute Gasteiger partial charge is 0.396 e. The summed E-state index contributed by atoms with van der Waals surface area (Å²) in [4.78, 5) is 14.4. The number of hydrogen-bond acceptors (Lipinski definition) is 2. The monoisotopic (exact) mass is 320 g/mol. The maximum Gasteiger partial charge on any atom is 0.317 e. The van der Waals surface area contributed by atoms with Crippen molar-refractivity contribution in [2.24, 2.45) is 11.8 Å². The second-order valence-electron chi connectivity index (χ2n) is 6.78. The van der Waals surface area contributed by atoms with E-state index in [1.807, 2.05) is 4.90 Å². The van der Waals surface area contributed by atoms with Crippen molar-refractivity contribution in [1.82, 2.24) is 10.2 Å². The first-order chi connectivity index (χ1) is 11.2. The van der Waals surface area contributed by atoms with Gasteiger partial charge >= 0.3 is 6.03 Å². The Morgan fingerprint density at radius 2 is 1.87 bits per heavy atom. The molecule has 0 radical (unpaired) electrons. The first-order valence-electron chi connectivity index (χ1n) is 8.59. The van der Waals surface area contributed by atoms with Crippen LogP contribution in [-0.2, 0) is 0 Å². The minimum Gasteiger partial charge on any atom is -0.396 e. The predicted octanol–water partition coefficient (Wildman–Crippen LogP) is 3.08. The first-order valence-corrected chi connectivity index (χ1v) is 8.59. The number of hydrogen-bond donors (Lipinski definition) is 2. The van der Waals surface area contributed by atoms with Gasteiger partial charge in [-0.15, -0.1) is 0 Å². The zero-order valence-electron chi connectivity index (χ0n) is 13.4. The molecule has 0 aromatic heterocycles. The van der Waals surface area contributed by atoms with E-state index in [4.69, 9.17) is 0 Å². The zero-order chi connectivity index (χ0) is 16.2. The maximum absolute atomic E-state index is 13.2. The molecule has 4 nitrogen and oxygen atoms in total. The van der Waals surface area contributed by atoms with E-state index in [9.17, 15) is 14.3 Å². The van der Waals surface area contributed by atoms with Gasteiger partial charge < -0.3 is 15.3 Å². The molecule has 2 N–H and O–H groups in total. The van der Waals surface area contributed by atoms with Crippen molar-refractivity contribution in [3.8, 4) is 0 Å². The van der Waals surface area contributed by atoms with Crippen LogP contribution in [-0.4, -0.2) is 35.7 Å². The van der Waals surface area contributed by atoms with Crippen LogP contribution in [0.1, 0.15) is 43.7 Å². The number of carbonyl (C=O) groups excluding carboxylic acids is 1. The molecule has 0 bridgehead atoms. The number of halogens is 1. The first kappa shape index (κ1) is 16.2. The Hall–Kier alpha value is -1.62. The SMILES string of the molecule is O=C(NC(c1ccc(F)cc1)C1CCC1)N1CCC(CO)CC1. The number of nitrogens with zero attached hydrogens (tertiary/aromatic N) is 1. The molecule has 1 atom stereocenters. The van der Waals surface area contributed by atoms with Crippen LogP contribution in [0.25, 0.3) is 0 Å². The average Bonchev–Trinajstić information content (AvgIpc) is 2.53. The van der Waals surface area contributed by atoms with Crippen LogP contribution >= 0.6 is 0 Å². The topological polar surface area (TPSA) is 52.6 Å². The van der Waals surface area contributed by atoms with Crippen molar-refractivity contribution < 1.29 is 14.3 Å². The summed E-state index contributed by atoms with van der Waals surface area (Å²) in [6.45, 7) is 1.59. The Kier molecular flexibility index (Phi) is 5.16. The normalized spacial score (nSPS) is 20.9. The highest BCUT2D eigenvalue weighted by Crippen LogP contribution is 2.38. The molecule has 126 valence electrons. The molecule has 1 aliphatic heterocycles. The van der Waals surface area contributed by atoms with Gasteiger partial charge in [0, 0.05) is 19.7 Å². The minimum absolute atomic E-state index is 0.0348. The molecular weight excluding hydrogens is 295 g/mol. The lowest BCUT2D eigenvalue weighted by atomic mass is 9.77. The third kappa shape index (κ3) is 3.83. The van der Waals surface area contributed by atoms with Crippen LogP contribution in [0, 0.1) is 17.7 Å². The third-order valence-electron chi connectivity index (χ3n) is 5.29. The number of aliphatic hydroxyl groups excluding tert-OH is 1. The molecule has 0 spiro atoms. The maximum atomic E-state index is 13.2. The number of rotatable bonds is 4. The van der Waals surface area contributed by atoms with Gasteiger partial charge in [-0.2, -0.15) is 0 Å². The van der Waals surface area contributed by atoms with Crippen molar-refractivity contribution in [2.75, 3.05) is 19.7 Å². The van der Waals surface area contributed by atoms with E-state index in [-0.39, 0.29) is 24.5 Å². The second-order valence-corrected chi connectivity index (χ2v) is 6.78. The van der Waals surface area contributed by atoms with Gasteiger partial charge in [0.1, 0.15) is 5.82 Å². The molecule has 2 fully saturated rings. The van der Waals surface area contributed by atoms with E-state index in [1.165, 1.54) is 18.6 Å². The quantitative estimate of drug-likeness (QED) is 0.896. The van der Waals surface area contributed by atoms with E-state index in [2.05, 4.69) is 5.32 Å². The number of benzene rings is 1. The molecule has 1 aliphatic carbocycles. The van der Waals surface area contributed by atoms with Crippen molar-refractivity contribution >= 4 is 6.03 Å². The third-order valence-corrected chi connectivity index (χ3v) is 5.29. The van der Waals surface area contributed by atoms with Gasteiger partial charge in [0.15, 0.2) is 0 Å². The summed E-state index contributed by atoms with van der Waals surface area (Å²) in [5, 5.41) is 12.4. The fraction of sp³-hybridized carbons (Fsp3) is 0.611. The highest BCUT2D eigenvalue weighted by atomic mass is 19.1. The predicted molar refractivity (Wildman–Crippen MR) is 86.4 cm³/mol.